The molecule has 0 aromatic rings. The van der Waals surface area contributed by atoms with E-state index in [0.717, 1.165) is 0 Å². The molecule has 0 bridgehead atoms. The first-order valence-corrected chi connectivity index (χ1v) is 2.35. The molecule has 0 saturated heterocycles. The Kier molecular flexibility index (Phi) is 15.0. The Morgan fingerprint density at radius 2 is 1.14 bits per heavy atom. The van der Waals surface area contributed by atoms with Gasteiger partial charge in [-0.2, -0.15) is 0 Å². The van der Waals surface area contributed by atoms with E-state index in [4.69, 9.17) is 19.2 Å². The molecule has 0 spiro atoms. The molecule has 0 saturated carbocycles. The summed E-state index contributed by atoms with van der Waals surface area (Å²) in [6.45, 7) is 0. The van der Waals surface area contributed by atoms with Crippen molar-refractivity contribution in [2.45, 2.75) is 0 Å². The Morgan fingerprint density at radius 1 is 1.14 bits per heavy atom. The topological polar surface area (TPSA) is 77.8 Å². The average molecular weight is 203 g/mol. The van der Waals surface area contributed by atoms with Gasteiger partial charge in [0.15, 0.2) is 0 Å². The third-order valence-electron chi connectivity index (χ3n) is 0. The van der Waals surface area contributed by atoms with Gasteiger partial charge in [0.05, 0.1) is 0 Å². The molecule has 0 aliphatic heterocycles. The van der Waals surface area contributed by atoms with E-state index < -0.39 is 7.82 Å². The Hall–Kier alpha value is 2.37. The van der Waals surface area contributed by atoms with Crippen molar-refractivity contribution in [1.29, 1.82) is 0 Å². The van der Waals surface area contributed by atoms with Crippen LogP contribution in [-0.4, -0.2) is 66.1 Å². The van der Waals surface area contributed by atoms with E-state index in [1.165, 1.54) is 0 Å². The molecule has 0 rings (SSSR count). The van der Waals surface area contributed by atoms with Crippen LogP contribution >= 0.6 is 7.82 Å². The quantitative estimate of drug-likeness (QED) is 0.328. The Bertz CT molecular complexity index is 57.8. The van der Waals surface area contributed by atoms with Gasteiger partial charge in [-0.25, -0.2) is 4.57 Å². The first-order valence-electron chi connectivity index (χ1n) is 0.783. The SMILES string of the molecule is O=P(O)(O)O.[KH].[Zn]. The van der Waals surface area contributed by atoms with Crippen molar-refractivity contribution < 1.29 is 38.7 Å². The maximum absolute atomic E-state index is 8.88. The van der Waals surface area contributed by atoms with Gasteiger partial charge in [0, 0.05) is 19.5 Å². The number of rotatable bonds is 0. The molecule has 0 aliphatic carbocycles. The molecule has 0 aliphatic rings. The first kappa shape index (κ1) is 16.2. The minimum atomic E-state index is -4.64. The van der Waals surface area contributed by atoms with Crippen molar-refractivity contribution in [1.82, 2.24) is 0 Å². The minimum Gasteiger partial charge on any atom is 0 e. The van der Waals surface area contributed by atoms with Crippen LogP contribution in [0.2, 0.25) is 0 Å². The third kappa shape index (κ3) is 60.5. The van der Waals surface area contributed by atoms with Crippen LogP contribution in [-0.2, 0) is 24.0 Å². The first-order chi connectivity index (χ1) is 2.00. The van der Waals surface area contributed by atoms with Crippen LogP contribution < -0.4 is 0 Å². The number of phosphoric acid groups is 1. The minimum absolute atomic E-state index is 0. The van der Waals surface area contributed by atoms with Crippen LogP contribution in [0.1, 0.15) is 0 Å². The van der Waals surface area contributed by atoms with E-state index in [2.05, 4.69) is 0 Å². The van der Waals surface area contributed by atoms with Gasteiger partial charge in [0.2, 0.25) is 0 Å². The molecule has 7 heteroatoms. The predicted octanol–water partition coefficient (Wildman–Crippen LogP) is -1.58. The Labute approximate surface area is 96.1 Å². The molecular formula is H4KO4PZn. The molecule has 4 nitrogen and oxygen atoms in total. The summed E-state index contributed by atoms with van der Waals surface area (Å²) in [5.41, 5.74) is 0. The van der Waals surface area contributed by atoms with Gasteiger partial charge in [-0.15, -0.1) is 0 Å². The Balaban J connectivity index is -0.0000000800. The van der Waals surface area contributed by atoms with Crippen LogP contribution in [0, 0.1) is 0 Å². The fraction of sp³-hybridized carbons (Fsp3) is 0. The van der Waals surface area contributed by atoms with Gasteiger partial charge in [-0.1, -0.05) is 0 Å². The largest absolute Gasteiger partial charge is 0 e. The van der Waals surface area contributed by atoms with E-state index in [-0.39, 0.29) is 70.9 Å². The second-order valence-corrected chi connectivity index (χ2v) is 1.54. The number of hydrogen-bond donors (Lipinski definition) is 3. The fourth-order valence-electron chi connectivity index (χ4n) is 0. The second-order valence-electron chi connectivity index (χ2n) is 0.513. The monoisotopic (exact) mass is 202 g/mol. The van der Waals surface area contributed by atoms with Gasteiger partial charge in [0.25, 0.3) is 0 Å². The zero-order valence-electron chi connectivity index (χ0n) is 2.90. The molecule has 0 radical (unpaired) electrons. The van der Waals surface area contributed by atoms with E-state index in [1.54, 1.807) is 0 Å². The van der Waals surface area contributed by atoms with Crippen molar-refractivity contribution in [2.75, 3.05) is 0 Å². The van der Waals surface area contributed by atoms with Crippen molar-refractivity contribution in [2.24, 2.45) is 0 Å². The van der Waals surface area contributed by atoms with Gasteiger partial charge in [-0.05, 0) is 0 Å². The molecule has 36 valence electrons. The normalized spacial score (nSPS) is 8.43. The van der Waals surface area contributed by atoms with Gasteiger partial charge in [0.1, 0.15) is 0 Å². The van der Waals surface area contributed by atoms with E-state index in [9.17, 15) is 0 Å². The molecule has 7 heavy (non-hydrogen) atoms. The second kappa shape index (κ2) is 6.49. The van der Waals surface area contributed by atoms with Crippen LogP contribution in [0.3, 0.4) is 0 Å². The summed E-state index contributed by atoms with van der Waals surface area (Å²) >= 11 is 0. The Morgan fingerprint density at radius 3 is 1.14 bits per heavy atom. The standard InChI is InChI=1S/K.H3O4P.Zn.H/c;1-5(2,3)4;;/h;(H3,1,2,3,4);;. The summed E-state index contributed by atoms with van der Waals surface area (Å²) in [6, 6.07) is 0. The molecule has 0 aromatic heterocycles. The molecule has 0 heterocycles. The zero-order valence-corrected chi connectivity index (χ0v) is 6.77. The maximum atomic E-state index is 8.88. The van der Waals surface area contributed by atoms with Crippen LogP contribution in [0.4, 0.5) is 0 Å². The molecule has 0 atom stereocenters. The van der Waals surface area contributed by atoms with Gasteiger partial charge < -0.3 is 14.7 Å². The molecule has 0 aromatic carbocycles. The summed E-state index contributed by atoms with van der Waals surface area (Å²) < 4.78 is 8.88. The van der Waals surface area contributed by atoms with Crippen molar-refractivity contribution in [3.05, 3.63) is 0 Å². The summed E-state index contributed by atoms with van der Waals surface area (Å²) in [5, 5.41) is 0. The van der Waals surface area contributed by atoms with Crippen molar-refractivity contribution in [3.8, 4) is 0 Å². The summed E-state index contributed by atoms with van der Waals surface area (Å²) in [6.07, 6.45) is 0. The van der Waals surface area contributed by atoms with Crippen LogP contribution in [0.15, 0.2) is 0 Å². The third-order valence-corrected chi connectivity index (χ3v) is 0. The molecular weight excluding hydrogens is 199 g/mol. The predicted molar refractivity (Wildman–Crippen MR) is 21.4 cm³/mol. The summed E-state index contributed by atoms with van der Waals surface area (Å²) in [7, 11) is -4.64. The molecule has 0 fully saturated rings. The summed E-state index contributed by atoms with van der Waals surface area (Å²) in [5.74, 6) is 0. The zero-order chi connectivity index (χ0) is 4.50. The molecule has 0 amide bonds. The van der Waals surface area contributed by atoms with Crippen LogP contribution in [0.25, 0.3) is 0 Å². The van der Waals surface area contributed by atoms with E-state index in [1.807, 2.05) is 0 Å². The van der Waals surface area contributed by atoms with Crippen LogP contribution in [0.5, 0.6) is 0 Å². The fourth-order valence-corrected chi connectivity index (χ4v) is 0. The molecule has 3 N–H and O–H groups in total. The van der Waals surface area contributed by atoms with Gasteiger partial charge in [-0.3, -0.25) is 0 Å². The van der Waals surface area contributed by atoms with Gasteiger partial charge >= 0.3 is 59.2 Å². The average Bonchev–Trinajstić information content (AvgIpc) is 0.722. The van der Waals surface area contributed by atoms with Crippen molar-refractivity contribution in [3.63, 3.8) is 0 Å². The smallest absolute Gasteiger partial charge is 0 e. The van der Waals surface area contributed by atoms with E-state index >= 15 is 0 Å². The molecule has 0 unspecified atom stereocenters. The number of hydrogen-bond acceptors (Lipinski definition) is 1. The van der Waals surface area contributed by atoms with Crippen molar-refractivity contribution >= 4 is 59.2 Å². The van der Waals surface area contributed by atoms with E-state index in [0.29, 0.717) is 0 Å². The summed E-state index contributed by atoms with van der Waals surface area (Å²) in [4.78, 5) is 21.6. The maximum Gasteiger partial charge on any atom is 0 e.